The van der Waals surface area contributed by atoms with Crippen LogP contribution in [0.5, 0.6) is 5.75 Å². The number of likely N-dealkylation sites (N-methyl/N-ethyl adjacent to an activating group) is 1. The van der Waals surface area contributed by atoms with E-state index in [0.717, 1.165) is 90.3 Å². The van der Waals surface area contributed by atoms with Gasteiger partial charge in [0.25, 0.3) is 0 Å². The molecule has 0 unspecified atom stereocenters. The lowest BCUT2D eigenvalue weighted by molar-refractivity contribution is -0.129. The molecular formula is C44H56N10O4. The van der Waals surface area contributed by atoms with E-state index in [1.807, 2.05) is 59.1 Å². The Bertz CT molecular complexity index is 2230. The van der Waals surface area contributed by atoms with Crippen molar-refractivity contribution in [3.05, 3.63) is 95.3 Å². The fourth-order valence-electron chi connectivity index (χ4n) is 8.69. The lowest BCUT2D eigenvalue weighted by Crippen LogP contribution is -2.44. The van der Waals surface area contributed by atoms with Crippen LogP contribution in [0, 0.1) is 0 Å². The summed E-state index contributed by atoms with van der Waals surface area (Å²) in [5, 5.41) is 18.2. The Morgan fingerprint density at radius 1 is 0.914 bits per heavy atom. The van der Waals surface area contributed by atoms with Crippen molar-refractivity contribution in [1.29, 1.82) is 0 Å². The van der Waals surface area contributed by atoms with Crippen LogP contribution in [0.3, 0.4) is 0 Å². The Morgan fingerprint density at radius 3 is 2.41 bits per heavy atom. The Balaban J connectivity index is 1.03. The van der Waals surface area contributed by atoms with E-state index in [0.29, 0.717) is 36.5 Å². The number of pyridine rings is 1. The number of hydroxylamine groups is 1. The normalized spacial score (nSPS) is 21.7. The third-order valence-electron chi connectivity index (χ3n) is 12.0. The Morgan fingerprint density at radius 2 is 1.67 bits per heavy atom. The smallest absolute Gasteiger partial charge is 0.357 e. The topological polar surface area (TPSA) is 126 Å². The van der Waals surface area contributed by atoms with Crippen molar-refractivity contribution < 1.29 is 19.2 Å². The van der Waals surface area contributed by atoms with Crippen LogP contribution >= 0.6 is 0 Å². The van der Waals surface area contributed by atoms with Gasteiger partial charge < -0.3 is 24.7 Å². The van der Waals surface area contributed by atoms with Crippen LogP contribution < -0.4 is 20.0 Å². The summed E-state index contributed by atoms with van der Waals surface area (Å²) in [6.45, 7) is 15.8. The number of piperazine rings is 1. The number of rotatable bonds is 10. The van der Waals surface area contributed by atoms with Crippen LogP contribution in [-0.4, -0.2) is 92.0 Å². The van der Waals surface area contributed by atoms with E-state index in [-0.39, 0.29) is 24.0 Å². The fourth-order valence-corrected chi connectivity index (χ4v) is 8.69. The maximum atomic E-state index is 14.3. The second-order valence-electron chi connectivity index (χ2n) is 17.2. The summed E-state index contributed by atoms with van der Waals surface area (Å²) in [6, 6.07) is 21.7. The highest BCUT2D eigenvalue weighted by molar-refractivity contribution is 5.90. The van der Waals surface area contributed by atoms with E-state index in [2.05, 4.69) is 90.1 Å². The average Bonchev–Trinajstić information content (AvgIpc) is 3.84. The van der Waals surface area contributed by atoms with E-state index in [4.69, 9.17) is 14.7 Å². The number of hydrogen-bond donors (Lipinski definition) is 1. The summed E-state index contributed by atoms with van der Waals surface area (Å²) in [4.78, 5) is 39.0. The molecule has 2 fully saturated rings. The monoisotopic (exact) mass is 788 g/mol. The van der Waals surface area contributed by atoms with Gasteiger partial charge in [-0.15, -0.1) is 15.3 Å². The molecule has 14 nitrogen and oxygen atoms in total. The van der Waals surface area contributed by atoms with Gasteiger partial charge in [-0.3, -0.25) is 14.1 Å². The average molecular weight is 789 g/mol. The molecule has 5 heterocycles. The molecule has 2 amide bonds. The maximum Gasteiger partial charge on any atom is 0.357 e. The molecule has 8 rings (SSSR count). The molecule has 0 saturated carbocycles. The third kappa shape index (κ3) is 8.12. The second-order valence-corrected chi connectivity index (χ2v) is 17.2. The zero-order chi connectivity index (χ0) is 40.6. The predicted octanol–water partition coefficient (Wildman–Crippen LogP) is 6.99. The summed E-state index contributed by atoms with van der Waals surface area (Å²) >= 11 is 0. The molecule has 2 aliphatic heterocycles. The molecule has 3 aromatic heterocycles. The molecule has 0 radical (unpaired) electrons. The van der Waals surface area contributed by atoms with Crippen LogP contribution in [0.25, 0.3) is 11.3 Å². The quantitative estimate of drug-likeness (QED) is 0.117. The predicted molar refractivity (Wildman–Crippen MR) is 223 cm³/mol. The number of piperidine rings is 1. The summed E-state index contributed by atoms with van der Waals surface area (Å²) in [7, 11) is 2.15. The molecule has 5 aromatic rings. The highest BCUT2D eigenvalue weighted by Gasteiger charge is 2.34. The zero-order valence-electron chi connectivity index (χ0n) is 34.5. The van der Waals surface area contributed by atoms with Crippen molar-refractivity contribution in [1.82, 2.24) is 39.5 Å². The van der Waals surface area contributed by atoms with Crippen LogP contribution in [-0.2, 0) is 21.6 Å². The highest BCUT2D eigenvalue weighted by atomic mass is 16.7. The van der Waals surface area contributed by atoms with E-state index in [1.165, 1.54) is 6.42 Å². The standard InChI is InChI=1S/C44H56N10O4/c1-30-11-9-12-31(2)52(30)42-47-46-40-20-17-34(28-51(40)42)58-38-19-18-37(35-15-7-8-16-36(35)38)45-43(56)54(57-29-55)41-26-39(44(3,4)5)48-53(41)33-14-10-13-32(25-33)27-50-23-21-49(6)22-24-50/h7-8,10,13-17,20,25-26,28-31,37-38H,9,11-12,18-19,21-24,27H2,1-6H3,(H,45,56)/t30-,31+,37-,38+/m0/s1. The zero-order valence-corrected chi connectivity index (χ0v) is 34.5. The molecule has 1 N–H and O–H groups in total. The van der Waals surface area contributed by atoms with Crippen LogP contribution in [0.15, 0.2) is 72.9 Å². The Labute approximate surface area is 340 Å². The molecule has 0 bridgehead atoms. The number of nitrogens with one attached hydrogen (secondary N) is 1. The van der Waals surface area contributed by atoms with Crippen molar-refractivity contribution in [2.24, 2.45) is 0 Å². The minimum atomic E-state index is -0.576. The minimum absolute atomic E-state index is 0.245. The first-order valence-corrected chi connectivity index (χ1v) is 20.7. The first-order chi connectivity index (χ1) is 28.0. The lowest BCUT2D eigenvalue weighted by atomic mass is 9.85. The SMILES string of the molecule is C[C@@H]1CCC[C@H](C)N1c1nnc2ccc(O[C@@H]3CC[C@H](NC(=O)N(OC=O)c4cc(C(C)(C)C)nn4-c4cccc(CN5CCN(C)CC5)c4)c4ccccc43)cn12. The van der Waals surface area contributed by atoms with Gasteiger partial charge in [0.2, 0.25) is 5.95 Å². The molecule has 14 heteroatoms. The Hall–Kier alpha value is -5.47. The molecule has 2 aromatic carbocycles. The number of amides is 2. The number of fused-ring (bicyclic) bond motifs is 2. The fraction of sp³-hybridized carbons (Fsp3) is 0.477. The van der Waals surface area contributed by atoms with Crippen molar-refractivity contribution >= 4 is 29.9 Å². The molecule has 306 valence electrons. The maximum absolute atomic E-state index is 14.3. The van der Waals surface area contributed by atoms with Crippen molar-refractivity contribution in [2.45, 2.75) is 103 Å². The number of carbonyl (C=O) groups is 2. The van der Waals surface area contributed by atoms with Gasteiger partial charge in [0.05, 0.1) is 23.6 Å². The van der Waals surface area contributed by atoms with E-state index < -0.39 is 6.03 Å². The van der Waals surface area contributed by atoms with Gasteiger partial charge in [0.1, 0.15) is 11.9 Å². The molecule has 3 aliphatic rings. The van der Waals surface area contributed by atoms with Gasteiger partial charge in [-0.2, -0.15) is 5.10 Å². The van der Waals surface area contributed by atoms with Crippen LogP contribution in [0.2, 0.25) is 0 Å². The number of hydrogen-bond acceptors (Lipinski definition) is 10. The van der Waals surface area contributed by atoms with Crippen LogP contribution in [0.1, 0.15) is 101 Å². The summed E-state index contributed by atoms with van der Waals surface area (Å²) < 4.78 is 10.4. The van der Waals surface area contributed by atoms with Gasteiger partial charge in [-0.1, -0.05) is 57.2 Å². The highest BCUT2D eigenvalue weighted by Crippen LogP contribution is 2.40. The van der Waals surface area contributed by atoms with Gasteiger partial charge >= 0.3 is 12.5 Å². The molecule has 4 atom stereocenters. The lowest BCUT2D eigenvalue weighted by Gasteiger charge is -2.39. The van der Waals surface area contributed by atoms with Crippen molar-refractivity contribution in [3.8, 4) is 11.4 Å². The number of ether oxygens (including phenoxy) is 1. The van der Waals surface area contributed by atoms with Gasteiger partial charge in [-0.05, 0) is 94.0 Å². The van der Waals surface area contributed by atoms with Gasteiger partial charge in [0.15, 0.2) is 11.5 Å². The number of benzene rings is 2. The first-order valence-electron chi connectivity index (χ1n) is 20.7. The molecular weight excluding hydrogens is 733 g/mol. The number of carbonyl (C=O) groups excluding carboxylic acids is 2. The summed E-state index contributed by atoms with van der Waals surface area (Å²) in [6.07, 6.45) is 6.45. The number of nitrogens with zero attached hydrogens (tertiary/aromatic N) is 9. The Kier molecular flexibility index (Phi) is 11.1. The third-order valence-corrected chi connectivity index (χ3v) is 12.0. The van der Waals surface area contributed by atoms with Crippen LogP contribution in [0.4, 0.5) is 16.6 Å². The number of urea groups is 1. The van der Waals surface area contributed by atoms with Gasteiger partial charge in [-0.25, -0.2) is 9.48 Å². The van der Waals surface area contributed by atoms with Gasteiger partial charge in [0, 0.05) is 56.3 Å². The molecule has 0 spiro atoms. The summed E-state index contributed by atoms with van der Waals surface area (Å²) in [5.74, 6) is 1.88. The first kappa shape index (κ1) is 39.4. The van der Waals surface area contributed by atoms with E-state index >= 15 is 0 Å². The molecule has 58 heavy (non-hydrogen) atoms. The number of aromatic nitrogens is 5. The van der Waals surface area contributed by atoms with Crippen molar-refractivity contribution in [2.75, 3.05) is 43.2 Å². The van der Waals surface area contributed by atoms with E-state index in [1.54, 1.807) is 4.68 Å². The summed E-state index contributed by atoms with van der Waals surface area (Å²) in [5.41, 5.74) is 5.01. The number of anilines is 2. The van der Waals surface area contributed by atoms with Crippen molar-refractivity contribution in [3.63, 3.8) is 0 Å². The van der Waals surface area contributed by atoms with E-state index in [9.17, 15) is 9.59 Å². The second kappa shape index (κ2) is 16.4. The molecule has 1 aliphatic carbocycles. The minimum Gasteiger partial charge on any atom is -0.484 e. The molecule has 2 saturated heterocycles. The largest absolute Gasteiger partial charge is 0.484 e.